The van der Waals surface area contributed by atoms with Crippen LogP contribution in [0.1, 0.15) is 18.2 Å². The van der Waals surface area contributed by atoms with Gasteiger partial charge in [-0.2, -0.15) is 0 Å². The first kappa shape index (κ1) is 12.6. The van der Waals surface area contributed by atoms with E-state index in [1.165, 1.54) is 0 Å². The molecule has 86 valence electrons. The maximum absolute atomic E-state index is 9.29. The van der Waals surface area contributed by atoms with Gasteiger partial charge < -0.3 is 10.2 Å². The van der Waals surface area contributed by atoms with Crippen molar-refractivity contribution >= 4 is 6.08 Å². The number of allylic oxidation sites excluding steroid dienone is 2. The molecule has 1 rings (SSSR count). The van der Waals surface area contributed by atoms with Gasteiger partial charge in [0.05, 0.1) is 17.9 Å². The standard InChI is InChI=1S/C13H17NO2/c1-10-6-5-9-14-12(10)7-3-4-8-13(16)11(2)15/h3-9,11,13,15-16H,1-2H3/b7-3+,8-4+/t11-,13+/m1/s1. The lowest BCUT2D eigenvalue weighted by Crippen LogP contribution is -2.19. The van der Waals surface area contributed by atoms with Gasteiger partial charge in [-0.05, 0) is 31.6 Å². The van der Waals surface area contributed by atoms with Crippen molar-refractivity contribution in [2.45, 2.75) is 26.1 Å². The Bertz CT molecular complexity index is 383. The molecule has 0 aliphatic carbocycles. The molecule has 2 N–H and O–H groups in total. The van der Waals surface area contributed by atoms with E-state index >= 15 is 0 Å². The molecule has 0 saturated carbocycles. The van der Waals surface area contributed by atoms with E-state index in [9.17, 15) is 5.11 Å². The maximum Gasteiger partial charge on any atom is 0.0980 e. The number of hydrogen-bond acceptors (Lipinski definition) is 3. The summed E-state index contributed by atoms with van der Waals surface area (Å²) in [5, 5.41) is 18.3. The molecule has 0 unspecified atom stereocenters. The molecule has 0 fully saturated rings. The summed E-state index contributed by atoms with van der Waals surface area (Å²) in [7, 11) is 0. The summed E-state index contributed by atoms with van der Waals surface area (Å²) in [6.45, 7) is 3.53. The minimum Gasteiger partial charge on any atom is -0.390 e. The summed E-state index contributed by atoms with van der Waals surface area (Å²) in [4.78, 5) is 4.20. The van der Waals surface area contributed by atoms with Gasteiger partial charge in [0.1, 0.15) is 0 Å². The van der Waals surface area contributed by atoms with Gasteiger partial charge in [-0.1, -0.05) is 24.3 Å². The van der Waals surface area contributed by atoms with Crippen molar-refractivity contribution in [3.63, 3.8) is 0 Å². The second kappa shape index (κ2) is 6.20. The highest BCUT2D eigenvalue weighted by Gasteiger charge is 2.04. The lowest BCUT2D eigenvalue weighted by Gasteiger charge is -2.06. The van der Waals surface area contributed by atoms with E-state index in [2.05, 4.69) is 4.98 Å². The average Bonchev–Trinajstić information content (AvgIpc) is 2.26. The zero-order valence-corrected chi connectivity index (χ0v) is 9.54. The van der Waals surface area contributed by atoms with Gasteiger partial charge in [0, 0.05) is 6.20 Å². The molecule has 0 aliphatic rings. The second-order valence-electron chi connectivity index (χ2n) is 3.68. The van der Waals surface area contributed by atoms with Gasteiger partial charge in [0.25, 0.3) is 0 Å². The monoisotopic (exact) mass is 219 g/mol. The van der Waals surface area contributed by atoms with Crippen molar-refractivity contribution in [3.05, 3.63) is 47.8 Å². The number of aryl methyl sites for hydroxylation is 1. The third kappa shape index (κ3) is 3.96. The molecule has 3 heteroatoms. The van der Waals surface area contributed by atoms with Crippen LogP contribution in [0.4, 0.5) is 0 Å². The minimum absolute atomic E-state index is 0.749. The molecule has 3 nitrogen and oxygen atoms in total. The van der Waals surface area contributed by atoms with Gasteiger partial charge in [0.2, 0.25) is 0 Å². The van der Waals surface area contributed by atoms with Crippen molar-refractivity contribution in [3.8, 4) is 0 Å². The lowest BCUT2D eigenvalue weighted by molar-refractivity contribution is 0.0619. The predicted molar refractivity (Wildman–Crippen MR) is 64.8 cm³/mol. The first-order chi connectivity index (χ1) is 7.61. The topological polar surface area (TPSA) is 53.4 Å². The zero-order chi connectivity index (χ0) is 12.0. The number of rotatable bonds is 4. The number of nitrogens with zero attached hydrogens (tertiary/aromatic N) is 1. The SMILES string of the molecule is Cc1cccnc1/C=C/C=C/[C@H](O)[C@@H](C)O. The van der Waals surface area contributed by atoms with Gasteiger partial charge in [0.15, 0.2) is 0 Å². The van der Waals surface area contributed by atoms with E-state index in [4.69, 9.17) is 5.11 Å². The van der Waals surface area contributed by atoms with Gasteiger partial charge in [-0.15, -0.1) is 0 Å². The largest absolute Gasteiger partial charge is 0.390 e. The zero-order valence-electron chi connectivity index (χ0n) is 9.54. The van der Waals surface area contributed by atoms with E-state index in [1.807, 2.05) is 25.1 Å². The highest BCUT2D eigenvalue weighted by Crippen LogP contribution is 2.05. The molecule has 16 heavy (non-hydrogen) atoms. The lowest BCUT2D eigenvalue weighted by atomic mass is 10.2. The highest BCUT2D eigenvalue weighted by atomic mass is 16.3. The Hall–Kier alpha value is -1.45. The summed E-state index contributed by atoms with van der Waals surface area (Å²) < 4.78 is 0. The number of aromatic nitrogens is 1. The summed E-state index contributed by atoms with van der Waals surface area (Å²) in [6.07, 6.45) is 7.06. The molecule has 0 spiro atoms. The van der Waals surface area contributed by atoms with Gasteiger partial charge in [-0.25, -0.2) is 0 Å². The van der Waals surface area contributed by atoms with Crippen LogP contribution in [0, 0.1) is 6.92 Å². The molecule has 1 heterocycles. The van der Waals surface area contributed by atoms with Crippen molar-refractivity contribution in [1.82, 2.24) is 4.98 Å². The summed E-state index contributed by atoms with van der Waals surface area (Å²) in [5.74, 6) is 0. The van der Waals surface area contributed by atoms with Crippen LogP contribution >= 0.6 is 0 Å². The first-order valence-corrected chi connectivity index (χ1v) is 5.24. The van der Waals surface area contributed by atoms with Crippen LogP contribution in [0.5, 0.6) is 0 Å². The molecule has 0 amide bonds. The molecule has 0 radical (unpaired) electrons. The molecular formula is C13H17NO2. The molecule has 1 aromatic rings. The molecule has 0 aliphatic heterocycles. The number of aliphatic hydroxyl groups excluding tert-OH is 2. The number of pyridine rings is 1. The van der Waals surface area contributed by atoms with E-state index in [0.717, 1.165) is 11.3 Å². The summed E-state index contributed by atoms with van der Waals surface area (Å²) in [5.41, 5.74) is 2.00. The van der Waals surface area contributed by atoms with Crippen LogP contribution in [0.2, 0.25) is 0 Å². The van der Waals surface area contributed by atoms with E-state index < -0.39 is 12.2 Å². The first-order valence-electron chi connectivity index (χ1n) is 5.24. The summed E-state index contributed by atoms with van der Waals surface area (Å²) in [6, 6.07) is 3.88. The maximum atomic E-state index is 9.29. The van der Waals surface area contributed by atoms with Crippen molar-refractivity contribution < 1.29 is 10.2 Å². The molecule has 2 atom stereocenters. The third-order valence-corrected chi connectivity index (χ3v) is 2.22. The average molecular weight is 219 g/mol. The third-order valence-electron chi connectivity index (χ3n) is 2.22. The Morgan fingerprint density at radius 1 is 1.31 bits per heavy atom. The highest BCUT2D eigenvalue weighted by molar-refractivity contribution is 5.50. The van der Waals surface area contributed by atoms with Crippen LogP contribution in [0.15, 0.2) is 36.6 Å². The van der Waals surface area contributed by atoms with Crippen LogP contribution in [0.25, 0.3) is 6.08 Å². The van der Waals surface area contributed by atoms with Gasteiger partial charge in [-0.3, -0.25) is 4.98 Å². The number of hydrogen-bond donors (Lipinski definition) is 2. The normalized spacial score (nSPS) is 15.8. The molecular weight excluding hydrogens is 202 g/mol. The van der Waals surface area contributed by atoms with Crippen LogP contribution in [-0.4, -0.2) is 27.4 Å². The van der Waals surface area contributed by atoms with E-state index in [0.29, 0.717) is 0 Å². The molecule has 0 aromatic carbocycles. The van der Waals surface area contributed by atoms with E-state index in [1.54, 1.807) is 31.3 Å². The second-order valence-corrected chi connectivity index (χ2v) is 3.68. The Balaban J connectivity index is 2.59. The van der Waals surface area contributed by atoms with Crippen molar-refractivity contribution in [1.29, 1.82) is 0 Å². The summed E-state index contributed by atoms with van der Waals surface area (Å²) >= 11 is 0. The Morgan fingerprint density at radius 2 is 2.06 bits per heavy atom. The quantitative estimate of drug-likeness (QED) is 0.758. The van der Waals surface area contributed by atoms with Crippen LogP contribution in [0.3, 0.4) is 0 Å². The van der Waals surface area contributed by atoms with E-state index in [-0.39, 0.29) is 0 Å². The Labute approximate surface area is 95.8 Å². The smallest absolute Gasteiger partial charge is 0.0980 e. The number of aliphatic hydroxyl groups is 2. The Morgan fingerprint density at radius 3 is 2.69 bits per heavy atom. The fourth-order valence-electron chi connectivity index (χ4n) is 1.16. The van der Waals surface area contributed by atoms with Crippen LogP contribution in [-0.2, 0) is 0 Å². The molecule has 0 bridgehead atoms. The van der Waals surface area contributed by atoms with Crippen molar-refractivity contribution in [2.24, 2.45) is 0 Å². The van der Waals surface area contributed by atoms with Crippen LogP contribution < -0.4 is 0 Å². The predicted octanol–water partition coefficient (Wildman–Crippen LogP) is 1.70. The Kier molecular flexibility index (Phi) is 4.89. The minimum atomic E-state index is -0.825. The fourth-order valence-corrected chi connectivity index (χ4v) is 1.16. The fraction of sp³-hybridized carbons (Fsp3) is 0.308. The molecule has 1 aromatic heterocycles. The molecule has 0 saturated heterocycles. The van der Waals surface area contributed by atoms with Crippen molar-refractivity contribution in [2.75, 3.05) is 0 Å². The van der Waals surface area contributed by atoms with Gasteiger partial charge >= 0.3 is 0 Å².